The monoisotopic (exact) mass is 400 g/mol. The van der Waals surface area contributed by atoms with Crippen molar-refractivity contribution in [3.63, 3.8) is 0 Å². The Kier molecular flexibility index (Phi) is 7.63. The highest BCUT2D eigenvalue weighted by Crippen LogP contribution is 2.13. The van der Waals surface area contributed by atoms with Gasteiger partial charge in [0.2, 0.25) is 17.7 Å². The maximum absolute atomic E-state index is 12.3. The summed E-state index contributed by atoms with van der Waals surface area (Å²) in [5, 5.41) is 2.90. The van der Waals surface area contributed by atoms with Gasteiger partial charge in [0.25, 0.3) is 0 Å². The lowest BCUT2D eigenvalue weighted by molar-refractivity contribution is -0.139. The number of nitrogens with one attached hydrogen (secondary N) is 1. The van der Waals surface area contributed by atoms with Gasteiger partial charge in [0.1, 0.15) is 0 Å². The Bertz CT molecular complexity index is 705. The van der Waals surface area contributed by atoms with Gasteiger partial charge >= 0.3 is 0 Å². The number of piperazine rings is 1. The lowest BCUT2D eigenvalue weighted by Gasteiger charge is -2.34. The highest BCUT2D eigenvalue weighted by molar-refractivity contribution is 5.84. The summed E-state index contributed by atoms with van der Waals surface area (Å²) >= 11 is 0. The van der Waals surface area contributed by atoms with E-state index in [-0.39, 0.29) is 30.6 Å². The number of hydrogen-bond acceptors (Lipinski definition) is 4. The van der Waals surface area contributed by atoms with E-state index < -0.39 is 0 Å². The quantitative estimate of drug-likeness (QED) is 0.750. The summed E-state index contributed by atoms with van der Waals surface area (Å²) < 4.78 is 0. The van der Waals surface area contributed by atoms with Crippen LogP contribution in [0.1, 0.15) is 43.7 Å². The van der Waals surface area contributed by atoms with Gasteiger partial charge in [-0.25, -0.2) is 0 Å². The second-order valence-corrected chi connectivity index (χ2v) is 7.96. The summed E-state index contributed by atoms with van der Waals surface area (Å²) in [4.78, 5) is 41.7. The number of carbonyl (C=O) groups excluding carboxylic acids is 3. The molecule has 7 heteroatoms. The first-order valence-corrected chi connectivity index (χ1v) is 10.6. The Hall–Kier alpha value is -2.41. The molecular formula is C22H32N4O3. The molecule has 2 aliphatic rings. The van der Waals surface area contributed by atoms with Crippen LogP contribution in [0.2, 0.25) is 0 Å². The lowest BCUT2D eigenvalue weighted by Crippen LogP contribution is -2.50. The van der Waals surface area contributed by atoms with Crippen LogP contribution in [0.25, 0.3) is 0 Å². The summed E-state index contributed by atoms with van der Waals surface area (Å²) in [6.45, 7) is 7.62. The maximum Gasteiger partial charge on any atom is 0.223 e. The molecule has 0 spiro atoms. The molecule has 158 valence electrons. The average molecular weight is 401 g/mol. The molecule has 0 radical (unpaired) electrons. The fourth-order valence-electron chi connectivity index (χ4n) is 3.90. The zero-order valence-electron chi connectivity index (χ0n) is 17.4. The number of amides is 3. The van der Waals surface area contributed by atoms with Crippen molar-refractivity contribution in [3.05, 3.63) is 35.4 Å². The van der Waals surface area contributed by atoms with Crippen LogP contribution < -0.4 is 5.32 Å². The van der Waals surface area contributed by atoms with Crippen molar-refractivity contribution in [2.24, 2.45) is 0 Å². The van der Waals surface area contributed by atoms with Gasteiger partial charge < -0.3 is 15.1 Å². The van der Waals surface area contributed by atoms with Gasteiger partial charge in [-0.05, 0) is 37.1 Å². The number of rotatable bonds is 7. The summed E-state index contributed by atoms with van der Waals surface area (Å²) in [5.74, 6) is -0.0861. The first-order chi connectivity index (χ1) is 14.0. The minimum absolute atomic E-state index is 0.0189. The second kappa shape index (κ2) is 10.4. The molecule has 0 aliphatic carbocycles. The van der Waals surface area contributed by atoms with Crippen molar-refractivity contribution in [2.75, 3.05) is 39.3 Å². The standard InChI is InChI=1S/C22H32N4O3/c1-18(27)25-12-14-26(15-13-25)22(29)9-8-21(28)23-16-19-4-6-20(7-5-19)17-24-10-2-3-11-24/h4-7H,2-3,8-17H2,1H3,(H,23,28). The Morgan fingerprint density at radius 2 is 1.41 bits per heavy atom. The SMILES string of the molecule is CC(=O)N1CCN(C(=O)CCC(=O)NCc2ccc(CN3CCCC3)cc2)CC1. The van der Waals surface area contributed by atoms with Crippen LogP contribution in [0.3, 0.4) is 0 Å². The summed E-state index contributed by atoms with van der Waals surface area (Å²) in [7, 11) is 0. The van der Waals surface area contributed by atoms with Crippen LogP contribution in [0.4, 0.5) is 0 Å². The Morgan fingerprint density at radius 3 is 2.03 bits per heavy atom. The van der Waals surface area contributed by atoms with E-state index in [2.05, 4.69) is 34.5 Å². The molecule has 7 nitrogen and oxygen atoms in total. The van der Waals surface area contributed by atoms with E-state index in [1.165, 1.54) is 31.5 Å². The van der Waals surface area contributed by atoms with Crippen molar-refractivity contribution < 1.29 is 14.4 Å². The second-order valence-electron chi connectivity index (χ2n) is 7.96. The van der Waals surface area contributed by atoms with E-state index >= 15 is 0 Å². The molecule has 0 atom stereocenters. The molecule has 3 amide bonds. The Morgan fingerprint density at radius 1 is 0.828 bits per heavy atom. The predicted molar refractivity (Wildman–Crippen MR) is 111 cm³/mol. The van der Waals surface area contributed by atoms with Gasteiger partial charge in [-0.1, -0.05) is 24.3 Å². The van der Waals surface area contributed by atoms with Crippen LogP contribution in [-0.4, -0.2) is 71.7 Å². The van der Waals surface area contributed by atoms with E-state index in [0.29, 0.717) is 32.7 Å². The first kappa shape index (κ1) is 21.3. The Labute approximate surface area is 173 Å². The van der Waals surface area contributed by atoms with Gasteiger partial charge in [-0.3, -0.25) is 19.3 Å². The van der Waals surface area contributed by atoms with E-state index in [9.17, 15) is 14.4 Å². The predicted octanol–water partition coefficient (Wildman–Crippen LogP) is 1.37. The van der Waals surface area contributed by atoms with Crippen molar-refractivity contribution >= 4 is 17.7 Å². The van der Waals surface area contributed by atoms with Crippen LogP contribution in [0.5, 0.6) is 0 Å². The minimum Gasteiger partial charge on any atom is -0.352 e. The van der Waals surface area contributed by atoms with Crippen LogP contribution >= 0.6 is 0 Å². The summed E-state index contributed by atoms with van der Waals surface area (Å²) in [5.41, 5.74) is 2.37. The number of nitrogens with zero attached hydrogens (tertiary/aromatic N) is 3. The molecule has 2 aliphatic heterocycles. The number of benzene rings is 1. The number of likely N-dealkylation sites (tertiary alicyclic amines) is 1. The third kappa shape index (κ3) is 6.56. The zero-order chi connectivity index (χ0) is 20.6. The third-order valence-corrected chi connectivity index (χ3v) is 5.76. The molecular weight excluding hydrogens is 368 g/mol. The average Bonchev–Trinajstić information content (AvgIpc) is 3.24. The molecule has 1 N–H and O–H groups in total. The molecule has 0 aromatic heterocycles. The Balaban J connectivity index is 1.33. The van der Waals surface area contributed by atoms with Crippen LogP contribution in [0, 0.1) is 0 Å². The normalized spacial score (nSPS) is 17.4. The highest BCUT2D eigenvalue weighted by atomic mass is 16.2. The highest BCUT2D eigenvalue weighted by Gasteiger charge is 2.22. The van der Waals surface area contributed by atoms with Gasteiger partial charge in [-0.15, -0.1) is 0 Å². The van der Waals surface area contributed by atoms with E-state index in [4.69, 9.17) is 0 Å². The number of carbonyl (C=O) groups is 3. The van der Waals surface area contributed by atoms with E-state index in [1.54, 1.807) is 16.7 Å². The summed E-state index contributed by atoms with van der Waals surface area (Å²) in [6.07, 6.45) is 2.99. The minimum atomic E-state index is -0.109. The number of hydrogen-bond donors (Lipinski definition) is 1. The fraction of sp³-hybridized carbons (Fsp3) is 0.591. The molecule has 1 aromatic rings. The van der Waals surface area contributed by atoms with Gasteiger partial charge in [0.15, 0.2) is 0 Å². The zero-order valence-corrected chi connectivity index (χ0v) is 17.4. The molecule has 0 unspecified atom stereocenters. The van der Waals surface area contributed by atoms with Gasteiger partial charge in [0.05, 0.1) is 0 Å². The lowest BCUT2D eigenvalue weighted by atomic mass is 10.1. The van der Waals surface area contributed by atoms with Crippen molar-refractivity contribution in [1.29, 1.82) is 0 Å². The first-order valence-electron chi connectivity index (χ1n) is 10.6. The molecule has 1 aromatic carbocycles. The molecule has 2 heterocycles. The fourth-order valence-corrected chi connectivity index (χ4v) is 3.90. The molecule has 0 bridgehead atoms. The topological polar surface area (TPSA) is 73.0 Å². The van der Waals surface area contributed by atoms with E-state index in [0.717, 1.165) is 12.1 Å². The van der Waals surface area contributed by atoms with E-state index in [1.807, 2.05) is 0 Å². The molecule has 0 saturated carbocycles. The van der Waals surface area contributed by atoms with Crippen LogP contribution in [-0.2, 0) is 27.5 Å². The van der Waals surface area contributed by atoms with Gasteiger partial charge in [0, 0.05) is 59.0 Å². The maximum atomic E-state index is 12.3. The van der Waals surface area contributed by atoms with Crippen molar-refractivity contribution in [3.8, 4) is 0 Å². The van der Waals surface area contributed by atoms with Crippen LogP contribution in [0.15, 0.2) is 24.3 Å². The summed E-state index contributed by atoms with van der Waals surface area (Å²) in [6, 6.07) is 8.38. The smallest absolute Gasteiger partial charge is 0.223 e. The third-order valence-electron chi connectivity index (χ3n) is 5.76. The largest absolute Gasteiger partial charge is 0.352 e. The van der Waals surface area contributed by atoms with Gasteiger partial charge in [-0.2, -0.15) is 0 Å². The van der Waals surface area contributed by atoms with Crippen molar-refractivity contribution in [1.82, 2.24) is 20.0 Å². The molecule has 2 saturated heterocycles. The molecule has 3 rings (SSSR count). The molecule has 29 heavy (non-hydrogen) atoms. The van der Waals surface area contributed by atoms with Crippen molar-refractivity contribution in [2.45, 2.75) is 45.7 Å². The molecule has 2 fully saturated rings.